The zero-order valence-electron chi connectivity index (χ0n) is 10.2. The van der Waals surface area contributed by atoms with Crippen LogP contribution in [-0.4, -0.2) is 24.3 Å². The van der Waals surface area contributed by atoms with Crippen molar-refractivity contribution >= 4 is 0 Å². The zero-order chi connectivity index (χ0) is 10.9. The smallest absolute Gasteiger partial charge is 0.0445 e. The third-order valence-electron chi connectivity index (χ3n) is 3.64. The van der Waals surface area contributed by atoms with Crippen LogP contribution >= 0.6 is 0 Å². The van der Waals surface area contributed by atoms with Crippen LogP contribution in [-0.2, 0) is 0 Å². The number of aliphatic hydroxyl groups is 1. The lowest BCUT2D eigenvalue weighted by molar-refractivity contribution is 0.257. The quantitative estimate of drug-likeness (QED) is 0.665. The van der Waals surface area contributed by atoms with Crippen LogP contribution in [0, 0.1) is 5.92 Å². The van der Waals surface area contributed by atoms with E-state index in [1.54, 1.807) is 0 Å². The highest BCUT2D eigenvalue weighted by molar-refractivity contribution is 4.71. The van der Waals surface area contributed by atoms with Gasteiger partial charge in [-0.2, -0.15) is 0 Å². The Bertz CT molecular complexity index is 141. The molecule has 0 spiro atoms. The van der Waals surface area contributed by atoms with Crippen molar-refractivity contribution in [2.75, 3.05) is 13.2 Å². The molecule has 0 aromatic rings. The standard InChI is InChI=1S/C13H27NO/c1-2-13(9-10-15)14-11-12-7-5-3-4-6-8-12/h12-15H,2-11H2,1H3. The summed E-state index contributed by atoms with van der Waals surface area (Å²) >= 11 is 0. The van der Waals surface area contributed by atoms with E-state index in [1.807, 2.05) is 0 Å². The van der Waals surface area contributed by atoms with Gasteiger partial charge in [0.05, 0.1) is 0 Å². The molecule has 0 amide bonds. The minimum Gasteiger partial charge on any atom is -0.396 e. The van der Waals surface area contributed by atoms with Gasteiger partial charge in [-0.05, 0) is 38.1 Å². The lowest BCUT2D eigenvalue weighted by Crippen LogP contribution is -2.33. The summed E-state index contributed by atoms with van der Waals surface area (Å²) in [6, 6.07) is 0.526. The van der Waals surface area contributed by atoms with E-state index < -0.39 is 0 Å². The summed E-state index contributed by atoms with van der Waals surface area (Å²) in [5.74, 6) is 0.889. The molecule has 0 saturated heterocycles. The van der Waals surface area contributed by atoms with Gasteiger partial charge in [0.2, 0.25) is 0 Å². The van der Waals surface area contributed by atoms with Crippen molar-refractivity contribution in [3.05, 3.63) is 0 Å². The molecule has 1 rings (SSSR count). The maximum Gasteiger partial charge on any atom is 0.0445 e. The topological polar surface area (TPSA) is 32.3 Å². The lowest BCUT2D eigenvalue weighted by atomic mass is 9.99. The molecular formula is C13H27NO. The SMILES string of the molecule is CCC(CCO)NCC1CCCCCC1. The van der Waals surface area contributed by atoms with Gasteiger partial charge in [-0.1, -0.05) is 32.6 Å². The second-order valence-electron chi connectivity index (χ2n) is 4.88. The molecule has 0 heterocycles. The fourth-order valence-corrected chi connectivity index (χ4v) is 2.51. The van der Waals surface area contributed by atoms with Crippen LogP contribution in [0.15, 0.2) is 0 Å². The maximum atomic E-state index is 8.91. The number of nitrogens with one attached hydrogen (secondary N) is 1. The second kappa shape index (κ2) is 8.12. The Hall–Kier alpha value is -0.0800. The van der Waals surface area contributed by atoms with Crippen LogP contribution in [0.25, 0.3) is 0 Å². The number of aliphatic hydroxyl groups excluding tert-OH is 1. The zero-order valence-corrected chi connectivity index (χ0v) is 10.2. The van der Waals surface area contributed by atoms with Crippen molar-refractivity contribution in [1.82, 2.24) is 5.32 Å². The Morgan fingerprint density at radius 1 is 1.20 bits per heavy atom. The Labute approximate surface area is 94.5 Å². The van der Waals surface area contributed by atoms with Gasteiger partial charge in [0.15, 0.2) is 0 Å². The molecule has 15 heavy (non-hydrogen) atoms. The molecule has 0 bridgehead atoms. The van der Waals surface area contributed by atoms with Gasteiger partial charge in [0, 0.05) is 12.6 Å². The minimum atomic E-state index is 0.316. The predicted octanol–water partition coefficient (Wildman–Crippen LogP) is 2.71. The minimum absolute atomic E-state index is 0.316. The van der Waals surface area contributed by atoms with Crippen molar-refractivity contribution in [3.63, 3.8) is 0 Å². The van der Waals surface area contributed by atoms with Crippen LogP contribution in [0.5, 0.6) is 0 Å². The third-order valence-corrected chi connectivity index (χ3v) is 3.64. The molecule has 1 aliphatic carbocycles. The highest BCUT2D eigenvalue weighted by atomic mass is 16.3. The first-order valence-corrected chi connectivity index (χ1v) is 6.71. The van der Waals surface area contributed by atoms with Gasteiger partial charge in [-0.25, -0.2) is 0 Å². The lowest BCUT2D eigenvalue weighted by Gasteiger charge is -2.20. The molecule has 1 saturated carbocycles. The molecular weight excluding hydrogens is 186 g/mol. The average molecular weight is 213 g/mol. The molecule has 0 radical (unpaired) electrons. The van der Waals surface area contributed by atoms with E-state index in [2.05, 4.69) is 12.2 Å². The van der Waals surface area contributed by atoms with Gasteiger partial charge >= 0.3 is 0 Å². The Kier molecular flexibility index (Phi) is 7.03. The van der Waals surface area contributed by atoms with Crippen LogP contribution in [0.2, 0.25) is 0 Å². The third kappa shape index (κ3) is 5.53. The summed E-state index contributed by atoms with van der Waals surface area (Å²) in [6.45, 7) is 3.68. The maximum absolute atomic E-state index is 8.91. The van der Waals surface area contributed by atoms with Crippen molar-refractivity contribution in [3.8, 4) is 0 Å². The monoisotopic (exact) mass is 213 g/mol. The Morgan fingerprint density at radius 2 is 1.87 bits per heavy atom. The van der Waals surface area contributed by atoms with E-state index in [4.69, 9.17) is 5.11 Å². The molecule has 0 aromatic heterocycles. The summed E-state index contributed by atoms with van der Waals surface area (Å²) in [7, 11) is 0. The van der Waals surface area contributed by atoms with E-state index >= 15 is 0 Å². The van der Waals surface area contributed by atoms with E-state index in [9.17, 15) is 0 Å². The largest absolute Gasteiger partial charge is 0.396 e. The van der Waals surface area contributed by atoms with E-state index in [0.29, 0.717) is 12.6 Å². The summed E-state index contributed by atoms with van der Waals surface area (Å²) < 4.78 is 0. The predicted molar refractivity (Wildman–Crippen MR) is 65.0 cm³/mol. The van der Waals surface area contributed by atoms with E-state index in [1.165, 1.54) is 45.1 Å². The Morgan fingerprint density at radius 3 is 2.40 bits per heavy atom. The van der Waals surface area contributed by atoms with E-state index in [0.717, 1.165) is 18.8 Å². The highest BCUT2D eigenvalue weighted by Crippen LogP contribution is 2.22. The van der Waals surface area contributed by atoms with E-state index in [-0.39, 0.29) is 0 Å². The molecule has 0 aromatic carbocycles. The number of hydrogen-bond acceptors (Lipinski definition) is 2. The first kappa shape index (κ1) is 13.0. The van der Waals surface area contributed by atoms with Crippen molar-refractivity contribution < 1.29 is 5.11 Å². The summed E-state index contributed by atoms with van der Waals surface area (Å²) in [4.78, 5) is 0. The molecule has 1 fully saturated rings. The van der Waals surface area contributed by atoms with Crippen LogP contribution in [0.3, 0.4) is 0 Å². The van der Waals surface area contributed by atoms with Crippen LogP contribution in [0.1, 0.15) is 58.3 Å². The van der Waals surface area contributed by atoms with Gasteiger partial charge in [-0.3, -0.25) is 0 Å². The first-order chi connectivity index (χ1) is 7.36. The normalized spacial score (nSPS) is 21.2. The number of rotatable bonds is 6. The molecule has 2 N–H and O–H groups in total. The van der Waals surface area contributed by atoms with Crippen molar-refractivity contribution in [1.29, 1.82) is 0 Å². The summed E-state index contributed by atoms with van der Waals surface area (Å²) in [6.07, 6.45) is 10.6. The second-order valence-corrected chi connectivity index (χ2v) is 4.88. The molecule has 2 nitrogen and oxygen atoms in total. The first-order valence-electron chi connectivity index (χ1n) is 6.71. The van der Waals surface area contributed by atoms with Crippen molar-refractivity contribution in [2.24, 2.45) is 5.92 Å². The van der Waals surface area contributed by atoms with Gasteiger partial charge in [0.1, 0.15) is 0 Å². The van der Waals surface area contributed by atoms with Crippen LogP contribution < -0.4 is 5.32 Å². The molecule has 2 heteroatoms. The molecule has 1 atom stereocenters. The summed E-state index contributed by atoms with van der Waals surface area (Å²) in [5, 5.41) is 12.5. The van der Waals surface area contributed by atoms with Crippen LogP contribution in [0.4, 0.5) is 0 Å². The fourth-order valence-electron chi connectivity index (χ4n) is 2.51. The number of hydrogen-bond donors (Lipinski definition) is 2. The van der Waals surface area contributed by atoms with Crippen molar-refractivity contribution in [2.45, 2.75) is 64.3 Å². The molecule has 1 unspecified atom stereocenters. The van der Waals surface area contributed by atoms with Gasteiger partial charge in [0.25, 0.3) is 0 Å². The summed E-state index contributed by atoms with van der Waals surface area (Å²) in [5.41, 5.74) is 0. The average Bonchev–Trinajstić information content (AvgIpc) is 2.52. The Balaban J connectivity index is 2.15. The molecule has 0 aliphatic heterocycles. The van der Waals surface area contributed by atoms with Gasteiger partial charge < -0.3 is 10.4 Å². The van der Waals surface area contributed by atoms with Gasteiger partial charge in [-0.15, -0.1) is 0 Å². The molecule has 90 valence electrons. The highest BCUT2D eigenvalue weighted by Gasteiger charge is 2.13. The molecule has 1 aliphatic rings. The fraction of sp³-hybridized carbons (Fsp3) is 1.00.